The molecule has 0 saturated heterocycles. The van der Waals surface area contributed by atoms with Crippen LogP contribution in [0.2, 0.25) is 0 Å². The van der Waals surface area contributed by atoms with Gasteiger partial charge in [-0.2, -0.15) is 0 Å². The van der Waals surface area contributed by atoms with Gasteiger partial charge in [0.05, 0.1) is 0 Å². The predicted octanol–water partition coefficient (Wildman–Crippen LogP) is 5.72. The van der Waals surface area contributed by atoms with E-state index >= 15 is 0 Å². The minimum absolute atomic E-state index is 0.000764. The summed E-state index contributed by atoms with van der Waals surface area (Å²) in [7, 11) is 1.21. The van der Waals surface area contributed by atoms with Crippen molar-refractivity contribution in [3.05, 3.63) is 0 Å². The van der Waals surface area contributed by atoms with E-state index in [2.05, 4.69) is 12.2 Å². The molecule has 0 heterocycles. The smallest absolute Gasteiger partial charge is 0.217 e. The number of amides is 1. The number of hydrogen-bond acceptors (Lipinski definition) is 6. The first-order valence-electron chi connectivity index (χ1n) is 13.7. The fraction of sp³-hybridized carbons (Fsp3) is 0.852. The Bertz CT molecular complexity index is 612. The summed E-state index contributed by atoms with van der Waals surface area (Å²) < 4.78 is 0. The van der Waals surface area contributed by atoms with Crippen molar-refractivity contribution < 1.29 is 24.1 Å². The van der Waals surface area contributed by atoms with E-state index in [1.54, 1.807) is 4.90 Å². The Balaban J connectivity index is 4.08. The fourth-order valence-electron chi connectivity index (χ4n) is 4.04. The van der Waals surface area contributed by atoms with Crippen molar-refractivity contribution in [3.63, 3.8) is 0 Å². The minimum atomic E-state index is -2.41. The second-order valence-electron chi connectivity index (χ2n) is 9.99. The van der Waals surface area contributed by atoms with Gasteiger partial charge in [0.2, 0.25) is 5.91 Å². The van der Waals surface area contributed by atoms with Crippen molar-refractivity contribution in [2.24, 2.45) is 0 Å². The molecular formula is C27H51N2O5P. The maximum atomic E-state index is 12.4. The second kappa shape index (κ2) is 22.1. The minimum Gasteiger partial charge on any atom is -0.360 e. The third-order valence-corrected chi connectivity index (χ3v) is 7.46. The molecule has 8 heteroatoms. The lowest BCUT2D eigenvalue weighted by atomic mass is 10.0. The molecule has 0 aliphatic heterocycles. The lowest BCUT2D eigenvalue weighted by molar-refractivity contribution is -0.122. The fourth-order valence-corrected chi connectivity index (χ4v) is 5.02. The van der Waals surface area contributed by atoms with Crippen LogP contribution in [-0.4, -0.2) is 59.2 Å². The molecule has 7 nitrogen and oxygen atoms in total. The van der Waals surface area contributed by atoms with E-state index in [0.29, 0.717) is 13.0 Å². The first kappa shape index (κ1) is 33.8. The summed E-state index contributed by atoms with van der Waals surface area (Å²) in [6, 6.07) is -0.673. The average Bonchev–Trinajstić information content (AvgIpc) is 2.79. The van der Waals surface area contributed by atoms with Gasteiger partial charge < -0.3 is 15.1 Å². The van der Waals surface area contributed by atoms with E-state index in [9.17, 15) is 24.1 Å². The van der Waals surface area contributed by atoms with Crippen LogP contribution in [0.25, 0.3) is 0 Å². The summed E-state index contributed by atoms with van der Waals surface area (Å²) in [5, 5.41) is 2.63. The van der Waals surface area contributed by atoms with Crippen LogP contribution in [0.3, 0.4) is 0 Å². The van der Waals surface area contributed by atoms with Gasteiger partial charge in [-0.25, -0.2) is 0 Å². The van der Waals surface area contributed by atoms with E-state index < -0.39 is 25.2 Å². The first-order chi connectivity index (χ1) is 16.7. The van der Waals surface area contributed by atoms with Crippen LogP contribution in [0.4, 0.5) is 0 Å². The largest absolute Gasteiger partial charge is 0.360 e. The van der Waals surface area contributed by atoms with Crippen molar-refractivity contribution in [2.75, 3.05) is 20.6 Å². The number of ketones is 1. The Morgan fingerprint density at radius 3 is 1.69 bits per heavy atom. The Labute approximate surface area is 215 Å². The van der Waals surface area contributed by atoms with Gasteiger partial charge in [-0.15, -0.1) is 0 Å². The van der Waals surface area contributed by atoms with E-state index in [1.807, 2.05) is 14.1 Å². The predicted molar refractivity (Wildman–Crippen MR) is 144 cm³/mol. The van der Waals surface area contributed by atoms with Gasteiger partial charge in [0, 0.05) is 45.2 Å². The summed E-state index contributed by atoms with van der Waals surface area (Å²) in [6.07, 6.45) is 16.5. The van der Waals surface area contributed by atoms with E-state index in [4.69, 9.17) is 0 Å². The molecule has 2 atom stereocenters. The molecule has 204 valence electrons. The molecule has 0 rings (SSSR count). The molecule has 0 radical (unpaired) electrons. The Hall–Kier alpha value is -1.17. The number of carbonyl (C=O) groups excluding carboxylic acids is 4. The summed E-state index contributed by atoms with van der Waals surface area (Å²) in [5.41, 5.74) is -1.06. The third-order valence-electron chi connectivity index (χ3n) is 6.11. The summed E-state index contributed by atoms with van der Waals surface area (Å²) in [6.45, 7) is 4.03. The lowest BCUT2D eigenvalue weighted by Crippen LogP contribution is -2.36. The van der Waals surface area contributed by atoms with Gasteiger partial charge >= 0.3 is 0 Å². The van der Waals surface area contributed by atoms with Crippen LogP contribution >= 0.6 is 8.15 Å². The molecule has 0 fully saturated rings. The number of carbonyl (C=O) groups is 4. The molecular weight excluding hydrogens is 463 g/mol. The van der Waals surface area contributed by atoms with Gasteiger partial charge in [-0.1, -0.05) is 84.0 Å². The molecule has 1 amide bonds. The molecule has 35 heavy (non-hydrogen) atoms. The highest BCUT2D eigenvalue weighted by Crippen LogP contribution is 2.35. The zero-order valence-electron chi connectivity index (χ0n) is 22.8. The topological polar surface area (TPSA) is 104 Å². The van der Waals surface area contributed by atoms with Crippen molar-refractivity contribution in [3.8, 4) is 0 Å². The maximum absolute atomic E-state index is 12.4. The van der Waals surface area contributed by atoms with Gasteiger partial charge in [-0.3, -0.25) is 19.2 Å². The molecule has 0 aromatic carbocycles. The molecule has 0 bridgehead atoms. The van der Waals surface area contributed by atoms with E-state index in [-0.39, 0.29) is 31.0 Å². The van der Waals surface area contributed by atoms with E-state index in [1.165, 1.54) is 71.1 Å². The monoisotopic (exact) mass is 514 g/mol. The Kier molecular flexibility index (Phi) is 21.3. The number of nitrogens with one attached hydrogen (secondary N) is 1. The molecule has 2 N–H and O–H groups in total. The zero-order chi connectivity index (χ0) is 26.5. The third kappa shape index (κ3) is 20.7. The van der Waals surface area contributed by atoms with Gasteiger partial charge in [0.25, 0.3) is 0 Å². The molecule has 0 aliphatic carbocycles. The van der Waals surface area contributed by atoms with Crippen molar-refractivity contribution in [1.29, 1.82) is 0 Å². The van der Waals surface area contributed by atoms with Crippen molar-refractivity contribution >= 4 is 30.9 Å². The van der Waals surface area contributed by atoms with Crippen LogP contribution in [0.5, 0.6) is 0 Å². The highest BCUT2D eigenvalue weighted by molar-refractivity contribution is 7.84. The maximum Gasteiger partial charge on any atom is 0.217 e. The van der Waals surface area contributed by atoms with Gasteiger partial charge in [-0.05, 0) is 20.5 Å². The van der Waals surface area contributed by atoms with Crippen LogP contribution in [0.1, 0.15) is 123 Å². The molecule has 2 unspecified atom stereocenters. The number of hydrogen-bond donors (Lipinski definition) is 2. The summed E-state index contributed by atoms with van der Waals surface area (Å²) in [4.78, 5) is 60.2. The first-order valence-corrected chi connectivity index (χ1v) is 14.9. The standard InChI is InChI=1S/C27H51N2O5P/c1-5-6-7-8-9-10-11-12-13-14-15-16-17-18-25(31)21-24(28-23(2)30)22-27(33)35(34)26(32)19-20-29(3)4/h24,34H,5-22H2,1-4H3,(H,28,30). The van der Waals surface area contributed by atoms with Crippen LogP contribution in [0.15, 0.2) is 0 Å². The molecule has 0 aliphatic rings. The summed E-state index contributed by atoms with van der Waals surface area (Å²) >= 11 is 0. The molecule has 0 saturated carbocycles. The summed E-state index contributed by atoms with van der Waals surface area (Å²) in [5.74, 6) is -0.335. The second-order valence-corrected chi connectivity index (χ2v) is 11.6. The SMILES string of the molecule is CCCCCCCCCCCCCCCC(=O)CC(CC(=O)P(O)C(=O)CCN(C)C)NC(C)=O. The molecule has 0 aromatic rings. The molecule has 0 aromatic heterocycles. The van der Waals surface area contributed by atoms with Crippen LogP contribution < -0.4 is 5.32 Å². The highest BCUT2D eigenvalue weighted by atomic mass is 31.1. The van der Waals surface area contributed by atoms with Gasteiger partial charge in [0.15, 0.2) is 19.2 Å². The Morgan fingerprint density at radius 2 is 1.23 bits per heavy atom. The van der Waals surface area contributed by atoms with Crippen LogP contribution in [-0.2, 0) is 19.2 Å². The number of Topliss-reactive ketones (excluding diaryl/α,β-unsaturated/α-hetero) is 1. The van der Waals surface area contributed by atoms with Gasteiger partial charge in [0.1, 0.15) is 5.78 Å². The molecule has 0 spiro atoms. The number of unbranched alkanes of at least 4 members (excludes halogenated alkanes) is 12. The van der Waals surface area contributed by atoms with Crippen molar-refractivity contribution in [2.45, 2.75) is 129 Å². The Morgan fingerprint density at radius 1 is 0.743 bits per heavy atom. The van der Waals surface area contributed by atoms with Crippen molar-refractivity contribution in [1.82, 2.24) is 10.2 Å². The number of rotatable bonds is 24. The highest BCUT2D eigenvalue weighted by Gasteiger charge is 2.28. The normalized spacial score (nSPS) is 13.0. The van der Waals surface area contributed by atoms with E-state index in [0.717, 1.165) is 19.3 Å². The van der Waals surface area contributed by atoms with Crippen LogP contribution in [0, 0.1) is 0 Å². The zero-order valence-corrected chi connectivity index (χ0v) is 23.7. The average molecular weight is 515 g/mol. The quantitative estimate of drug-likeness (QED) is 0.126. The number of nitrogens with zero attached hydrogens (tertiary/aromatic N) is 1. The lowest BCUT2D eigenvalue weighted by Gasteiger charge is -2.18.